The number of anilines is 1. The third kappa shape index (κ3) is 2.33. The van der Waals surface area contributed by atoms with E-state index in [2.05, 4.69) is 5.32 Å². The first-order chi connectivity index (χ1) is 12.4. The minimum Gasteiger partial charge on any atom is -0.495 e. The first kappa shape index (κ1) is 16.2. The van der Waals surface area contributed by atoms with Crippen LogP contribution in [0.1, 0.15) is 24.9 Å². The fourth-order valence-electron chi connectivity index (χ4n) is 3.65. The standard InChI is InChI=1S/C18H17N3O5/c1-18-10-13(12-9-11(21(23)24)7-8-15(12)26-18)19-17(22)20(18)14-5-3-4-6-16(14)25-2/h3-9,13H,10H2,1-2H3,(H,19,22)/t13-,18+/m0/s1. The smallest absolute Gasteiger partial charge is 0.325 e. The van der Waals surface area contributed by atoms with E-state index >= 15 is 0 Å². The highest BCUT2D eigenvalue weighted by molar-refractivity contribution is 5.96. The second kappa shape index (κ2) is 5.62. The van der Waals surface area contributed by atoms with Gasteiger partial charge in [-0.05, 0) is 25.1 Å². The van der Waals surface area contributed by atoms with Crippen LogP contribution in [0.25, 0.3) is 0 Å². The van der Waals surface area contributed by atoms with Crippen LogP contribution in [-0.4, -0.2) is 23.8 Å². The molecule has 0 radical (unpaired) electrons. The third-order valence-electron chi connectivity index (χ3n) is 4.79. The van der Waals surface area contributed by atoms with E-state index in [9.17, 15) is 14.9 Å². The molecule has 4 rings (SSSR count). The monoisotopic (exact) mass is 355 g/mol. The molecular weight excluding hydrogens is 338 g/mol. The summed E-state index contributed by atoms with van der Waals surface area (Å²) in [6.45, 7) is 1.83. The van der Waals surface area contributed by atoms with Gasteiger partial charge in [-0.1, -0.05) is 12.1 Å². The second-order valence-electron chi connectivity index (χ2n) is 6.47. The molecule has 2 aromatic rings. The zero-order chi connectivity index (χ0) is 18.5. The highest BCUT2D eigenvalue weighted by Crippen LogP contribution is 2.47. The maximum atomic E-state index is 12.9. The molecule has 1 fully saturated rings. The summed E-state index contributed by atoms with van der Waals surface area (Å²) in [5.41, 5.74) is 0.242. The van der Waals surface area contributed by atoms with E-state index in [1.165, 1.54) is 17.0 Å². The SMILES string of the molecule is COc1ccccc1N1C(=O)N[C@H]2C[C@@]1(C)Oc1ccc([N+](=O)[O-])cc12. The van der Waals surface area contributed by atoms with Crippen molar-refractivity contribution in [1.82, 2.24) is 5.32 Å². The predicted molar refractivity (Wildman–Crippen MR) is 93.5 cm³/mol. The van der Waals surface area contributed by atoms with Crippen molar-refractivity contribution in [2.45, 2.75) is 25.1 Å². The maximum Gasteiger partial charge on any atom is 0.325 e. The molecule has 8 nitrogen and oxygen atoms in total. The molecule has 2 aromatic carbocycles. The molecule has 2 amide bonds. The average molecular weight is 355 g/mol. The van der Waals surface area contributed by atoms with Crippen LogP contribution in [0, 0.1) is 10.1 Å². The number of urea groups is 1. The number of fused-ring (bicyclic) bond motifs is 4. The lowest BCUT2D eigenvalue weighted by molar-refractivity contribution is -0.385. The van der Waals surface area contributed by atoms with Crippen molar-refractivity contribution >= 4 is 17.4 Å². The molecule has 1 saturated heterocycles. The van der Waals surface area contributed by atoms with Crippen molar-refractivity contribution in [3.8, 4) is 11.5 Å². The van der Waals surface area contributed by atoms with E-state index < -0.39 is 10.6 Å². The van der Waals surface area contributed by atoms with Gasteiger partial charge in [0.15, 0.2) is 5.72 Å². The zero-order valence-corrected chi connectivity index (χ0v) is 14.3. The molecule has 0 unspecified atom stereocenters. The third-order valence-corrected chi connectivity index (χ3v) is 4.79. The van der Waals surface area contributed by atoms with Gasteiger partial charge in [0.2, 0.25) is 0 Å². The van der Waals surface area contributed by atoms with Crippen LogP contribution < -0.4 is 19.7 Å². The van der Waals surface area contributed by atoms with Crippen LogP contribution in [0.5, 0.6) is 11.5 Å². The Balaban J connectivity index is 1.80. The van der Waals surface area contributed by atoms with E-state index in [0.29, 0.717) is 29.2 Å². The number of nitrogens with zero attached hydrogens (tertiary/aromatic N) is 2. The van der Waals surface area contributed by atoms with Gasteiger partial charge in [-0.3, -0.25) is 15.0 Å². The van der Waals surface area contributed by atoms with Gasteiger partial charge in [-0.25, -0.2) is 4.79 Å². The van der Waals surface area contributed by atoms with Crippen LogP contribution in [0.3, 0.4) is 0 Å². The number of nitro groups is 1. The van der Waals surface area contributed by atoms with Crippen LogP contribution in [0.2, 0.25) is 0 Å². The first-order valence-corrected chi connectivity index (χ1v) is 8.14. The highest BCUT2D eigenvalue weighted by Gasteiger charge is 2.50. The lowest BCUT2D eigenvalue weighted by Gasteiger charge is -2.50. The van der Waals surface area contributed by atoms with Crippen LogP contribution in [-0.2, 0) is 0 Å². The minimum absolute atomic E-state index is 0.0302. The number of carbonyl (C=O) groups is 1. The van der Waals surface area contributed by atoms with Crippen LogP contribution >= 0.6 is 0 Å². The summed E-state index contributed by atoms with van der Waals surface area (Å²) in [4.78, 5) is 25.0. The van der Waals surface area contributed by atoms with Gasteiger partial charge in [-0.15, -0.1) is 0 Å². The predicted octanol–water partition coefficient (Wildman–Crippen LogP) is 3.37. The summed E-state index contributed by atoms with van der Waals surface area (Å²) in [7, 11) is 1.54. The lowest BCUT2D eigenvalue weighted by Crippen LogP contribution is -2.65. The Morgan fingerprint density at radius 3 is 2.85 bits per heavy atom. The number of hydrogen-bond donors (Lipinski definition) is 1. The average Bonchev–Trinajstić information content (AvgIpc) is 2.61. The van der Waals surface area contributed by atoms with Gasteiger partial charge in [-0.2, -0.15) is 0 Å². The van der Waals surface area contributed by atoms with Crippen molar-refractivity contribution in [2.24, 2.45) is 0 Å². The number of amides is 2. The molecule has 2 aliphatic heterocycles. The van der Waals surface area contributed by atoms with Gasteiger partial charge in [0, 0.05) is 24.1 Å². The number of ether oxygens (including phenoxy) is 2. The molecule has 0 spiro atoms. The Hall–Kier alpha value is -3.29. The summed E-state index contributed by atoms with van der Waals surface area (Å²) in [5, 5.41) is 14.0. The number of methoxy groups -OCH3 is 1. The number of rotatable bonds is 3. The molecule has 134 valence electrons. The molecular formula is C18H17N3O5. The molecule has 0 saturated carbocycles. The molecule has 2 heterocycles. The summed E-state index contributed by atoms with van der Waals surface area (Å²) in [6, 6.07) is 10.9. The quantitative estimate of drug-likeness (QED) is 0.673. The van der Waals surface area contributed by atoms with E-state index in [1.54, 1.807) is 25.3 Å². The first-order valence-electron chi connectivity index (χ1n) is 8.14. The fraction of sp³-hybridized carbons (Fsp3) is 0.278. The van der Waals surface area contributed by atoms with Gasteiger partial charge < -0.3 is 14.8 Å². The summed E-state index contributed by atoms with van der Waals surface area (Å²) < 4.78 is 11.5. The molecule has 26 heavy (non-hydrogen) atoms. The number of para-hydroxylation sites is 2. The number of carbonyl (C=O) groups excluding carboxylic acids is 1. The normalized spacial score (nSPS) is 23.5. The lowest BCUT2D eigenvalue weighted by atomic mass is 9.90. The molecule has 2 bridgehead atoms. The molecule has 2 aliphatic rings. The van der Waals surface area contributed by atoms with E-state index in [0.717, 1.165) is 0 Å². The Morgan fingerprint density at radius 1 is 1.35 bits per heavy atom. The van der Waals surface area contributed by atoms with Crippen LogP contribution in [0.4, 0.5) is 16.2 Å². The van der Waals surface area contributed by atoms with Gasteiger partial charge in [0.1, 0.15) is 11.5 Å². The van der Waals surface area contributed by atoms with Crippen LogP contribution in [0.15, 0.2) is 42.5 Å². The summed E-state index contributed by atoms with van der Waals surface area (Å²) in [5.74, 6) is 1.08. The van der Waals surface area contributed by atoms with Gasteiger partial charge in [0.25, 0.3) is 5.69 Å². The van der Waals surface area contributed by atoms with E-state index in [4.69, 9.17) is 9.47 Å². The largest absolute Gasteiger partial charge is 0.495 e. The fourth-order valence-corrected chi connectivity index (χ4v) is 3.65. The molecule has 2 atom stereocenters. The van der Waals surface area contributed by atoms with E-state index in [1.807, 2.05) is 19.1 Å². The number of nitrogens with one attached hydrogen (secondary N) is 1. The highest BCUT2D eigenvalue weighted by atomic mass is 16.6. The minimum atomic E-state index is -0.940. The van der Waals surface area contributed by atoms with E-state index in [-0.39, 0.29) is 17.8 Å². The number of non-ortho nitro benzene ring substituents is 1. The Kier molecular flexibility index (Phi) is 3.50. The van der Waals surface area contributed by atoms with Crippen molar-refractivity contribution in [3.05, 3.63) is 58.1 Å². The van der Waals surface area contributed by atoms with Crippen molar-refractivity contribution in [1.29, 1.82) is 0 Å². The summed E-state index contributed by atoms with van der Waals surface area (Å²) in [6.07, 6.45) is 0.449. The Labute approximate surface area is 149 Å². The number of benzene rings is 2. The van der Waals surface area contributed by atoms with Crippen molar-refractivity contribution in [2.75, 3.05) is 12.0 Å². The Morgan fingerprint density at radius 2 is 2.12 bits per heavy atom. The molecule has 1 N–H and O–H groups in total. The topological polar surface area (TPSA) is 93.9 Å². The molecule has 0 aromatic heterocycles. The Bertz CT molecular complexity index is 915. The zero-order valence-electron chi connectivity index (χ0n) is 14.3. The second-order valence-corrected chi connectivity index (χ2v) is 6.47. The molecule has 8 heteroatoms. The van der Waals surface area contributed by atoms with Crippen molar-refractivity contribution in [3.63, 3.8) is 0 Å². The maximum absolute atomic E-state index is 12.9. The summed E-state index contributed by atoms with van der Waals surface area (Å²) >= 11 is 0. The molecule has 0 aliphatic carbocycles. The number of nitro benzene ring substituents is 1. The van der Waals surface area contributed by atoms with Gasteiger partial charge in [0.05, 0.1) is 23.8 Å². The van der Waals surface area contributed by atoms with Gasteiger partial charge >= 0.3 is 6.03 Å². The number of hydrogen-bond acceptors (Lipinski definition) is 5. The van der Waals surface area contributed by atoms with Crippen molar-refractivity contribution < 1.29 is 19.2 Å².